The van der Waals surface area contributed by atoms with Gasteiger partial charge < -0.3 is 10.6 Å². The van der Waals surface area contributed by atoms with Crippen molar-refractivity contribution in [3.8, 4) is 0 Å². The second-order valence-corrected chi connectivity index (χ2v) is 5.25. The van der Waals surface area contributed by atoms with Gasteiger partial charge in [-0.1, -0.05) is 11.6 Å². The van der Waals surface area contributed by atoms with E-state index in [9.17, 15) is 22.8 Å². The summed E-state index contributed by atoms with van der Waals surface area (Å²) in [7, 11) is 0. The molecule has 2 aromatic carbocycles. The van der Waals surface area contributed by atoms with Gasteiger partial charge in [0.1, 0.15) is 0 Å². The minimum atomic E-state index is -4.46. The predicted molar refractivity (Wildman–Crippen MR) is 83.9 cm³/mol. The van der Waals surface area contributed by atoms with Gasteiger partial charge in [-0.2, -0.15) is 13.2 Å². The summed E-state index contributed by atoms with van der Waals surface area (Å²) >= 11 is 5.72. The minimum Gasteiger partial charge on any atom is -0.343 e. The van der Waals surface area contributed by atoms with Gasteiger partial charge in [-0.15, -0.1) is 0 Å². The van der Waals surface area contributed by atoms with Crippen LogP contribution < -0.4 is 10.6 Å². The van der Waals surface area contributed by atoms with E-state index in [2.05, 4.69) is 10.6 Å². The molecule has 0 saturated carbocycles. The van der Waals surface area contributed by atoms with E-state index in [1.807, 2.05) is 0 Å². The van der Waals surface area contributed by atoms with E-state index in [1.165, 1.54) is 0 Å². The molecule has 0 spiro atoms. The molecule has 0 atom stereocenters. The third kappa shape index (κ3) is 4.99. The molecule has 0 fully saturated rings. The van der Waals surface area contributed by atoms with Crippen LogP contribution in [0, 0.1) is 0 Å². The first-order valence-corrected chi connectivity index (χ1v) is 7.14. The topological polar surface area (TPSA) is 58.2 Å². The number of hydrogen-bond donors (Lipinski definition) is 2. The highest BCUT2D eigenvalue weighted by Crippen LogP contribution is 2.29. The number of rotatable bonds is 4. The first kappa shape index (κ1) is 17.8. The van der Waals surface area contributed by atoms with Crippen LogP contribution in [-0.2, 0) is 11.0 Å². The highest BCUT2D eigenvalue weighted by molar-refractivity contribution is 6.30. The van der Waals surface area contributed by atoms with Gasteiger partial charge in [0.05, 0.1) is 12.1 Å². The minimum absolute atomic E-state index is 0.0299. The van der Waals surface area contributed by atoms with E-state index in [1.54, 1.807) is 24.3 Å². The molecule has 0 saturated heterocycles. The SMILES string of the molecule is O=C(CNC(=O)c1ccc(C(F)(F)F)cc1)Nc1ccc(Cl)cc1. The second kappa shape index (κ2) is 7.35. The van der Waals surface area contributed by atoms with Crippen LogP contribution in [0.3, 0.4) is 0 Å². The average Bonchev–Trinajstić information content (AvgIpc) is 2.54. The summed E-state index contributed by atoms with van der Waals surface area (Å²) in [5, 5.41) is 5.39. The van der Waals surface area contributed by atoms with Crippen LogP contribution >= 0.6 is 11.6 Å². The van der Waals surface area contributed by atoms with Gasteiger partial charge in [-0.05, 0) is 48.5 Å². The fourth-order valence-corrected chi connectivity index (χ4v) is 1.94. The van der Waals surface area contributed by atoms with Crippen molar-refractivity contribution in [2.75, 3.05) is 11.9 Å². The predicted octanol–water partition coefficient (Wildman–Crippen LogP) is 3.73. The molecule has 0 aromatic heterocycles. The Morgan fingerprint density at radius 2 is 1.54 bits per heavy atom. The molecule has 2 rings (SSSR count). The standard InChI is InChI=1S/C16H12ClF3N2O2/c17-12-5-7-13(8-6-12)22-14(23)9-21-15(24)10-1-3-11(4-2-10)16(18,19)20/h1-8H,9H2,(H,21,24)(H,22,23). The lowest BCUT2D eigenvalue weighted by Crippen LogP contribution is -2.32. The molecule has 126 valence electrons. The van der Waals surface area contributed by atoms with Crippen LogP contribution in [0.2, 0.25) is 5.02 Å². The van der Waals surface area contributed by atoms with E-state index in [4.69, 9.17) is 11.6 Å². The van der Waals surface area contributed by atoms with Crippen molar-refractivity contribution < 1.29 is 22.8 Å². The summed E-state index contributed by atoms with van der Waals surface area (Å²) in [6, 6.07) is 10.1. The number of carbonyl (C=O) groups excluding carboxylic acids is 2. The number of nitrogens with one attached hydrogen (secondary N) is 2. The highest BCUT2D eigenvalue weighted by atomic mass is 35.5. The van der Waals surface area contributed by atoms with Crippen molar-refractivity contribution in [3.05, 3.63) is 64.7 Å². The second-order valence-electron chi connectivity index (χ2n) is 4.81. The van der Waals surface area contributed by atoms with Gasteiger partial charge in [-0.25, -0.2) is 0 Å². The van der Waals surface area contributed by atoms with Crippen LogP contribution in [-0.4, -0.2) is 18.4 Å². The zero-order valence-corrected chi connectivity index (χ0v) is 12.9. The molecule has 0 radical (unpaired) electrons. The number of anilines is 1. The number of benzene rings is 2. The van der Waals surface area contributed by atoms with E-state index < -0.39 is 23.6 Å². The van der Waals surface area contributed by atoms with E-state index in [0.29, 0.717) is 10.7 Å². The molecule has 0 aliphatic carbocycles. The molecule has 24 heavy (non-hydrogen) atoms. The van der Waals surface area contributed by atoms with Crippen molar-refractivity contribution in [2.24, 2.45) is 0 Å². The maximum atomic E-state index is 12.4. The van der Waals surface area contributed by atoms with Crippen LogP contribution in [0.5, 0.6) is 0 Å². The molecule has 0 aliphatic heterocycles. The maximum Gasteiger partial charge on any atom is 0.416 e. The maximum absolute atomic E-state index is 12.4. The molecule has 0 aliphatic rings. The quantitative estimate of drug-likeness (QED) is 0.877. The van der Waals surface area contributed by atoms with Crippen molar-refractivity contribution in [1.29, 1.82) is 0 Å². The number of alkyl halides is 3. The molecule has 2 amide bonds. The Labute approximate surface area is 140 Å². The molecule has 2 aromatic rings. The Kier molecular flexibility index (Phi) is 5.46. The van der Waals surface area contributed by atoms with Gasteiger partial charge in [0.25, 0.3) is 5.91 Å². The summed E-state index contributed by atoms with van der Waals surface area (Å²) in [6.45, 7) is -0.317. The third-order valence-corrected chi connectivity index (χ3v) is 3.26. The number of halogens is 4. The largest absolute Gasteiger partial charge is 0.416 e. The Bertz CT molecular complexity index is 728. The molecule has 0 heterocycles. The fourth-order valence-electron chi connectivity index (χ4n) is 1.81. The highest BCUT2D eigenvalue weighted by Gasteiger charge is 2.30. The van der Waals surface area contributed by atoms with Gasteiger partial charge in [0.15, 0.2) is 0 Å². The lowest BCUT2D eigenvalue weighted by atomic mass is 10.1. The molecule has 0 bridgehead atoms. The smallest absolute Gasteiger partial charge is 0.343 e. The van der Waals surface area contributed by atoms with Crippen molar-refractivity contribution in [3.63, 3.8) is 0 Å². The van der Waals surface area contributed by atoms with Crippen LogP contribution in [0.25, 0.3) is 0 Å². The molecule has 0 unspecified atom stereocenters. The molecular formula is C16H12ClF3N2O2. The lowest BCUT2D eigenvalue weighted by molar-refractivity contribution is -0.137. The van der Waals surface area contributed by atoms with Crippen LogP contribution in [0.1, 0.15) is 15.9 Å². The Morgan fingerprint density at radius 3 is 2.08 bits per heavy atom. The summed E-state index contributed by atoms with van der Waals surface area (Å²) in [6.07, 6.45) is -4.46. The molecule has 2 N–H and O–H groups in total. The Balaban J connectivity index is 1.88. The zero-order valence-electron chi connectivity index (χ0n) is 12.2. The molecule has 4 nitrogen and oxygen atoms in total. The summed E-state index contributed by atoms with van der Waals surface area (Å²) < 4.78 is 37.3. The fraction of sp³-hybridized carbons (Fsp3) is 0.125. The van der Waals surface area contributed by atoms with Crippen molar-refractivity contribution >= 4 is 29.1 Å². The molecular weight excluding hydrogens is 345 g/mol. The van der Waals surface area contributed by atoms with Gasteiger partial charge in [0.2, 0.25) is 5.91 Å². The zero-order chi connectivity index (χ0) is 17.7. The number of amides is 2. The van der Waals surface area contributed by atoms with Crippen LogP contribution in [0.4, 0.5) is 18.9 Å². The summed E-state index contributed by atoms with van der Waals surface area (Å²) in [5.41, 5.74) is -0.310. The summed E-state index contributed by atoms with van der Waals surface area (Å²) in [4.78, 5) is 23.5. The Morgan fingerprint density at radius 1 is 0.958 bits per heavy atom. The first-order valence-electron chi connectivity index (χ1n) is 6.76. The molecule has 8 heteroatoms. The van der Waals surface area contributed by atoms with E-state index >= 15 is 0 Å². The van der Waals surface area contributed by atoms with Gasteiger partial charge in [-0.3, -0.25) is 9.59 Å². The summed E-state index contributed by atoms with van der Waals surface area (Å²) in [5.74, 6) is -1.12. The van der Waals surface area contributed by atoms with E-state index in [-0.39, 0.29) is 12.1 Å². The van der Waals surface area contributed by atoms with Crippen molar-refractivity contribution in [2.45, 2.75) is 6.18 Å². The van der Waals surface area contributed by atoms with Crippen LogP contribution in [0.15, 0.2) is 48.5 Å². The van der Waals surface area contributed by atoms with Gasteiger partial charge >= 0.3 is 6.18 Å². The average molecular weight is 357 g/mol. The monoisotopic (exact) mass is 356 g/mol. The van der Waals surface area contributed by atoms with Crippen molar-refractivity contribution in [1.82, 2.24) is 5.32 Å². The number of hydrogen-bond acceptors (Lipinski definition) is 2. The number of carbonyl (C=O) groups is 2. The normalized spacial score (nSPS) is 11.0. The lowest BCUT2D eigenvalue weighted by Gasteiger charge is -2.09. The third-order valence-electron chi connectivity index (χ3n) is 3.01. The Hall–Kier alpha value is -2.54. The van der Waals surface area contributed by atoms with Gasteiger partial charge in [0, 0.05) is 16.3 Å². The van der Waals surface area contributed by atoms with E-state index in [0.717, 1.165) is 24.3 Å². The first-order chi connectivity index (χ1) is 11.3.